The molecule has 11 nitrogen and oxygen atoms in total. The second-order valence-corrected chi connectivity index (χ2v) is 11.9. The van der Waals surface area contributed by atoms with E-state index in [4.69, 9.17) is 14.8 Å². The molecule has 2 N–H and O–H groups in total. The summed E-state index contributed by atoms with van der Waals surface area (Å²) >= 11 is 1.41. The molecule has 2 fully saturated rings. The highest BCUT2D eigenvalue weighted by Crippen LogP contribution is 2.35. The van der Waals surface area contributed by atoms with Crippen molar-refractivity contribution < 1.29 is 28.6 Å². The van der Waals surface area contributed by atoms with Gasteiger partial charge in [0.2, 0.25) is 0 Å². The molecule has 230 valence electrons. The number of piperazine rings is 1. The third-order valence-electron chi connectivity index (χ3n) is 8.23. The quantitative estimate of drug-likeness (QED) is 0.435. The van der Waals surface area contributed by atoms with Crippen molar-refractivity contribution in [3.8, 4) is 0 Å². The van der Waals surface area contributed by atoms with Gasteiger partial charge in [-0.2, -0.15) is 0 Å². The minimum absolute atomic E-state index is 0.0181. The number of carboxylic acid groups (broad SMARTS) is 1. The number of amides is 2. The summed E-state index contributed by atoms with van der Waals surface area (Å²) in [5, 5.41) is 14.9. The Bertz CT molecular complexity index is 1400. The number of halogens is 1. The number of benzene rings is 1. The van der Waals surface area contributed by atoms with Crippen LogP contribution in [0.2, 0.25) is 0 Å². The van der Waals surface area contributed by atoms with Crippen LogP contribution in [0.5, 0.6) is 0 Å². The van der Waals surface area contributed by atoms with Gasteiger partial charge in [0, 0.05) is 69.5 Å². The Morgan fingerprint density at radius 1 is 1.12 bits per heavy atom. The number of aliphatic carboxylic acids is 1. The van der Waals surface area contributed by atoms with Gasteiger partial charge < -0.3 is 25.0 Å². The lowest BCUT2D eigenvalue weighted by Crippen LogP contribution is -2.55. The third-order valence-corrected chi connectivity index (χ3v) is 9.01. The van der Waals surface area contributed by atoms with Crippen molar-refractivity contribution in [1.82, 2.24) is 25.0 Å². The van der Waals surface area contributed by atoms with Crippen molar-refractivity contribution in [2.75, 3.05) is 52.4 Å². The topological polar surface area (TPSA) is 128 Å². The fourth-order valence-corrected chi connectivity index (χ4v) is 6.45. The predicted molar refractivity (Wildman–Crippen MR) is 159 cm³/mol. The summed E-state index contributed by atoms with van der Waals surface area (Å²) in [5.41, 5.74) is 1.95. The number of nitrogens with zero attached hydrogens (tertiary/aromatic N) is 5. The first-order chi connectivity index (χ1) is 20.7. The zero-order chi connectivity index (χ0) is 30.5. The molecule has 2 aromatic rings. The van der Waals surface area contributed by atoms with E-state index in [1.165, 1.54) is 17.4 Å². The molecule has 0 aliphatic carbocycles. The molecular formula is C30H37FN6O5S. The van der Waals surface area contributed by atoms with E-state index in [2.05, 4.69) is 15.2 Å². The van der Waals surface area contributed by atoms with Gasteiger partial charge in [0.15, 0.2) is 10.8 Å². The predicted octanol–water partition coefficient (Wildman–Crippen LogP) is 3.42. The van der Waals surface area contributed by atoms with E-state index in [0.717, 1.165) is 0 Å². The minimum atomic E-state index is -0.794. The van der Waals surface area contributed by atoms with Gasteiger partial charge in [-0.25, -0.2) is 19.0 Å². The highest BCUT2D eigenvalue weighted by atomic mass is 32.1. The molecule has 3 aliphatic rings. The highest BCUT2D eigenvalue weighted by Gasteiger charge is 2.36. The largest absolute Gasteiger partial charge is 0.481 e. The molecule has 4 heterocycles. The molecule has 0 spiro atoms. The van der Waals surface area contributed by atoms with E-state index in [0.29, 0.717) is 91.9 Å². The Kier molecular flexibility index (Phi) is 9.71. The zero-order valence-electron chi connectivity index (χ0n) is 24.4. The van der Waals surface area contributed by atoms with Crippen LogP contribution in [0.25, 0.3) is 0 Å². The molecule has 2 amide bonds. The van der Waals surface area contributed by atoms with Gasteiger partial charge in [-0.1, -0.05) is 12.1 Å². The fourth-order valence-electron chi connectivity index (χ4n) is 5.86. The summed E-state index contributed by atoms with van der Waals surface area (Å²) in [7, 11) is 0. The molecule has 0 saturated carbocycles. The molecule has 2 saturated heterocycles. The lowest BCUT2D eigenvalue weighted by atomic mass is 9.92. The number of ether oxygens (including phenoxy) is 1. The molecule has 0 unspecified atom stereocenters. The number of piperidine rings is 1. The van der Waals surface area contributed by atoms with Crippen LogP contribution >= 0.6 is 11.3 Å². The number of carboxylic acids is 1. The SMILES string of the molecule is CCOC(=O)C1=C(CN2CCN(C(=O)N3CCC(CC(=O)O)CC3)CC2)NC(c2nccs2)=N[C@H]1c1cccc(F)c1C. The maximum absolute atomic E-state index is 14.7. The smallest absolute Gasteiger partial charge is 0.338 e. The average Bonchev–Trinajstić information content (AvgIpc) is 3.54. The summed E-state index contributed by atoms with van der Waals surface area (Å²) in [6, 6.07) is 3.99. The Morgan fingerprint density at radius 2 is 1.84 bits per heavy atom. The zero-order valence-corrected chi connectivity index (χ0v) is 25.2. The van der Waals surface area contributed by atoms with Crippen LogP contribution in [0.4, 0.5) is 9.18 Å². The second kappa shape index (κ2) is 13.6. The van der Waals surface area contributed by atoms with Crippen molar-refractivity contribution >= 4 is 35.1 Å². The van der Waals surface area contributed by atoms with Gasteiger partial charge in [0.1, 0.15) is 11.9 Å². The van der Waals surface area contributed by atoms with E-state index >= 15 is 0 Å². The van der Waals surface area contributed by atoms with Crippen LogP contribution in [0, 0.1) is 18.7 Å². The number of carbonyl (C=O) groups is 3. The van der Waals surface area contributed by atoms with Crippen LogP contribution in [-0.4, -0.2) is 101 Å². The van der Waals surface area contributed by atoms with Gasteiger partial charge in [-0.3, -0.25) is 14.7 Å². The minimum Gasteiger partial charge on any atom is -0.481 e. The lowest BCUT2D eigenvalue weighted by Gasteiger charge is -2.40. The number of aromatic nitrogens is 1. The van der Waals surface area contributed by atoms with Crippen LogP contribution in [0.3, 0.4) is 0 Å². The van der Waals surface area contributed by atoms with Crippen molar-refractivity contribution in [1.29, 1.82) is 0 Å². The molecule has 13 heteroatoms. The number of aliphatic imine (C=N–C) groups is 1. The summed E-state index contributed by atoms with van der Waals surface area (Å²) < 4.78 is 20.2. The first-order valence-corrected chi connectivity index (χ1v) is 15.5. The molecule has 43 heavy (non-hydrogen) atoms. The maximum Gasteiger partial charge on any atom is 0.338 e. The van der Waals surface area contributed by atoms with E-state index in [1.807, 2.05) is 15.2 Å². The average molecular weight is 613 g/mol. The summed E-state index contributed by atoms with van der Waals surface area (Å²) in [6.07, 6.45) is 3.22. The molecule has 1 aromatic carbocycles. The number of hydrogen-bond acceptors (Lipinski definition) is 9. The first-order valence-electron chi connectivity index (χ1n) is 14.6. The summed E-state index contributed by atoms with van der Waals surface area (Å²) in [4.78, 5) is 52.8. The van der Waals surface area contributed by atoms with Gasteiger partial charge in [0.05, 0.1) is 12.2 Å². The normalized spacial score (nSPS) is 20.1. The van der Waals surface area contributed by atoms with Gasteiger partial charge in [-0.15, -0.1) is 11.3 Å². The van der Waals surface area contributed by atoms with E-state index in [9.17, 15) is 18.8 Å². The fraction of sp³-hybridized carbons (Fsp3) is 0.500. The number of likely N-dealkylation sites (tertiary alicyclic amines) is 1. The van der Waals surface area contributed by atoms with E-state index < -0.39 is 18.0 Å². The van der Waals surface area contributed by atoms with Crippen molar-refractivity contribution in [3.05, 3.63) is 63.0 Å². The maximum atomic E-state index is 14.7. The monoisotopic (exact) mass is 612 g/mol. The number of thiazole rings is 1. The third kappa shape index (κ3) is 7.04. The number of esters is 1. The van der Waals surface area contributed by atoms with E-state index in [-0.39, 0.29) is 30.8 Å². The summed E-state index contributed by atoms with van der Waals surface area (Å²) in [6.45, 7) is 7.35. The molecule has 3 aliphatic heterocycles. The van der Waals surface area contributed by atoms with Gasteiger partial charge >= 0.3 is 18.0 Å². The number of urea groups is 1. The summed E-state index contributed by atoms with van der Waals surface area (Å²) in [5.74, 6) is -1.07. The van der Waals surface area contributed by atoms with Gasteiger partial charge in [-0.05, 0) is 49.8 Å². The van der Waals surface area contributed by atoms with E-state index in [1.54, 1.807) is 32.2 Å². The number of carbonyl (C=O) groups excluding carboxylic acids is 2. The number of amidine groups is 1. The number of rotatable bonds is 8. The van der Waals surface area contributed by atoms with Crippen molar-refractivity contribution in [2.24, 2.45) is 10.9 Å². The van der Waals surface area contributed by atoms with Crippen molar-refractivity contribution in [2.45, 2.75) is 39.2 Å². The van der Waals surface area contributed by atoms with Crippen LogP contribution in [0.1, 0.15) is 48.4 Å². The van der Waals surface area contributed by atoms with Crippen LogP contribution < -0.4 is 5.32 Å². The molecule has 0 bridgehead atoms. The standard InChI is InChI=1S/C30H37FN6O5S/c1-3-42-29(40)25-23(33-27(28-32-9-16-43-28)34-26(25)21-5-4-6-22(31)19(21)2)18-35-12-14-37(15-13-35)30(41)36-10-7-20(8-11-36)17-24(38)39/h4-6,9,16,20,26H,3,7-8,10-15,17-18H2,1-2H3,(H,33,34)(H,38,39)/t26-/m0/s1. The number of hydrogen-bond donors (Lipinski definition) is 2. The molecule has 0 radical (unpaired) electrons. The lowest BCUT2D eigenvalue weighted by molar-refractivity contribution is -0.139. The molecular weight excluding hydrogens is 575 g/mol. The Labute approximate surface area is 254 Å². The molecule has 5 rings (SSSR count). The van der Waals surface area contributed by atoms with Crippen molar-refractivity contribution in [3.63, 3.8) is 0 Å². The van der Waals surface area contributed by atoms with Gasteiger partial charge in [0.25, 0.3) is 0 Å². The Balaban J connectivity index is 1.33. The first kappa shape index (κ1) is 30.6. The molecule has 1 aromatic heterocycles. The molecule has 1 atom stereocenters. The Morgan fingerprint density at radius 3 is 2.49 bits per heavy atom. The highest BCUT2D eigenvalue weighted by molar-refractivity contribution is 7.11. The number of nitrogens with one attached hydrogen (secondary N) is 1. The second-order valence-electron chi connectivity index (χ2n) is 11.0. The Hall–Kier alpha value is -3.84. The van der Waals surface area contributed by atoms with Crippen LogP contribution in [0.15, 0.2) is 46.0 Å². The van der Waals surface area contributed by atoms with Crippen LogP contribution in [-0.2, 0) is 14.3 Å².